The van der Waals surface area contributed by atoms with E-state index in [1.807, 2.05) is 0 Å². The Kier molecular flexibility index (Phi) is 6.45. The number of benzene rings is 2. The average molecular weight is 414 g/mol. The molecule has 1 fully saturated rings. The molecular formula is C20H21F3O6. The first-order chi connectivity index (χ1) is 13.7. The van der Waals surface area contributed by atoms with Gasteiger partial charge in [0.15, 0.2) is 0 Å². The van der Waals surface area contributed by atoms with E-state index in [1.165, 1.54) is 12.1 Å². The van der Waals surface area contributed by atoms with E-state index in [2.05, 4.69) is 0 Å². The molecule has 3 rings (SSSR count). The van der Waals surface area contributed by atoms with Crippen LogP contribution in [0.5, 0.6) is 5.75 Å². The van der Waals surface area contributed by atoms with E-state index in [0.29, 0.717) is 11.1 Å². The molecule has 0 aromatic heterocycles. The maximum Gasteiger partial charge on any atom is 0.416 e. The Morgan fingerprint density at radius 3 is 2.17 bits per heavy atom. The summed E-state index contributed by atoms with van der Waals surface area (Å²) >= 11 is 0. The molecule has 1 aliphatic heterocycles. The van der Waals surface area contributed by atoms with Crippen molar-refractivity contribution in [3.05, 3.63) is 65.2 Å². The van der Waals surface area contributed by atoms with Crippen LogP contribution in [0, 0.1) is 0 Å². The molecule has 9 heteroatoms. The number of hydrogen-bond acceptors (Lipinski definition) is 6. The van der Waals surface area contributed by atoms with Crippen molar-refractivity contribution in [1.82, 2.24) is 0 Å². The number of alkyl halides is 3. The molecule has 0 unspecified atom stereocenters. The van der Waals surface area contributed by atoms with Gasteiger partial charge in [0.05, 0.1) is 12.2 Å². The predicted molar refractivity (Wildman–Crippen MR) is 95.1 cm³/mol. The van der Waals surface area contributed by atoms with Crippen LogP contribution in [0.2, 0.25) is 0 Å². The maximum atomic E-state index is 12.7. The predicted octanol–water partition coefficient (Wildman–Crippen LogP) is 1.47. The van der Waals surface area contributed by atoms with E-state index in [0.717, 1.165) is 12.1 Å². The third kappa shape index (κ3) is 4.88. The molecule has 2 aromatic rings. The quantitative estimate of drug-likeness (QED) is 0.592. The molecule has 0 saturated carbocycles. The van der Waals surface area contributed by atoms with Crippen LogP contribution in [0.25, 0.3) is 0 Å². The Morgan fingerprint density at radius 2 is 1.55 bits per heavy atom. The largest absolute Gasteiger partial charge is 0.462 e. The molecule has 0 amide bonds. The standard InChI is InChI=1S/C20H21F3O6/c21-20(22,23)13-7-5-11(6-8-13)9-12-3-1-2-4-14(12)28-19-18(27)17(26)16(25)15(10-24)29-19/h1-8,15-19,24-27H,9-10H2/t15-,16-,17+,18-,19-/m1/s1. The third-order valence-electron chi connectivity index (χ3n) is 4.74. The lowest BCUT2D eigenvalue weighted by atomic mass is 9.99. The maximum absolute atomic E-state index is 12.7. The molecule has 6 nitrogen and oxygen atoms in total. The molecule has 0 aliphatic carbocycles. The van der Waals surface area contributed by atoms with E-state index in [4.69, 9.17) is 9.47 Å². The van der Waals surface area contributed by atoms with E-state index in [1.54, 1.807) is 24.3 Å². The van der Waals surface area contributed by atoms with E-state index >= 15 is 0 Å². The summed E-state index contributed by atoms with van der Waals surface area (Å²) in [6, 6.07) is 11.4. The van der Waals surface area contributed by atoms with Crippen molar-refractivity contribution >= 4 is 0 Å². The molecule has 0 radical (unpaired) electrons. The lowest BCUT2D eigenvalue weighted by molar-refractivity contribution is -0.277. The highest BCUT2D eigenvalue weighted by atomic mass is 19.4. The number of para-hydroxylation sites is 1. The van der Waals surface area contributed by atoms with Gasteiger partial charge in [-0.2, -0.15) is 13.2 Å². The highest BCUT2D eigenvalue weighted by Crippen LogP contribution is 2.31. The minimum absolute atomic E-state index is 0.256. The molecule has 0 bridgehead atoms. The van der Waals surface area contributed by atoms with Gasteiger partial charge in [-0.1, -0.05) is 30.3 Å². The zero-order chi connectivity index (χ0) is 21.2. The molecule has 158 valence electrons. The van der Waals surface area contributed by atoms with Crippen molar-refractivity contribution in [2.75, 3.05) is 6.61 Å². The first kappa shape index (κ1) is 21.5. The van der Waals surface area contributed by atoms with Crippen molar-refractivity contribution in [2.45, 2.75) is 43.3 Å². The van der Waals surface area contributed by atoms with Crippen LogP contribution in [-0.4, -0.2) is 57.7 Å². The number of hydrogen-bond donors (Lipinski definition) is 4. The highest BCUT2D eigenvalue weighted by Gasteiger charge is 2.44. The summed E-state index contributed by atoms with van der Waals surface area (Å²) in [6.07, 6.45) is -11.3. The molecule has 2 aromatic carbocycles. The minimum Gasteiger partial charge on any atom is -0.462 e. The van der Waals surface area contributed by atoms with Gasteiger partial charge in [-0.05, 0) is 29.3 Å². The van der Waals surface area contributed by atoms with Gasteiger partial charge in [0.25, 0.3) is 0 Å². The van der Waals surface area contributed by atoms with Crippen LogP contribution in [-0.2, 0) is 17.3 Å². The van der Waals surface area contributed by atoms with Crippen LogP contribution < -0.4 is 4.74 Å². The fourth-order valence-corrected chi connectivity index (χ4v) is 3.09. The van der Waals surface area contributed by atoms with Gasteiger partial charge in [-0.15, -0.1) is 0 Å². The zero-order valence-electron chi connectivity index (χ0n) is 15.2. The number of ether oxygens (including phenoxy) is 2. The van der Waals surface area contributed by atoms with Crippen molar-refractivity contribution in [3.8, 4) is 5.75 Å². The highest BCUT2D eigenvalue weighted by molar-refractivity contribution is 5.38. The Hall–Kier alpha value is -2.17. The summed E-state index contributed by atoms with van der Waals surface area (Å²) in [6.45, 7) is -0.585. The second-order valence-electron chi connectivity index (χ2n) is 6.79. The number of rotatable bonds is 5. The van der Waals surface area contributed by atoms with Crippen molar-refractivity contribution in [2.24, 2.45) is 0 Å². The molecule has 0 spiro atoms. The monoisotopic (exact) mass is 414 g/mol. The molecule has 4 N–H and O–H groups in total. The third-order valence-corrected chi connectivity index (χ3v) is 4.74. The summed E-state index contributed by atoms with van der Waals surface area (Å²) in [5.41, 5.74) is 0.485. The lowest BCUT2D eigenvalue weighted by Crippen LogP contribution is -2.60. The molecular weight excluding hydrogens is 393 g/mol. The van der Waals surface area contributed by atoms with Crippen LogP contribution in [0.3, 0.4) is 0 Å². The van der Waals surface area contributed by atoms with Gasteiger partial charge in [-0.25, -0.2) is 0 Å². The topological polar surface area (TPSA) is 99.4 Å². The van der Waals surface area contributed by atoms with Gasteiger partial charge in [0.2, 0.25) is 6.29 Å². The fraction of sp³-hybridized carbons (Fsp3) is 0.400. The number of aliphatic hydroxyl groups is 4. The second-order valence-corrected chi connectivity index (χ2v) is 6.79. The summed E-state index contributed by atoms with van der Waals surface area (Å²) < 4.78 is 49.1. The number of aliphatic hydroxyl groups excluding tert-OH is 4. The molecule has 1 saturated heterocycles. The Bertz CT molecular complexity index is 809. The summed E-state index contributed by atoms with van der Waals surface area (Å²) in [5, 5.41) is 39.1. The Balaban J connectivity index is 1.77. The molecule has 1 heterocycles. The van der Waals surface area contributed by atoms with Gasteiger partial charge in [-0.3, -0.25) is 0 Å². The average Bonchev–Trinajstić information content (AvgIpc) is 2.69. The van der Waals surface area contributed by atoms with Crippen molar-refractivity contribution < 1.29 is 43.1 Å². The smallest absolute Gasteiger partial charge is 0.416 e. The van der Waals surface area contributed by atoms with Gasteiger partial charge in [0, 0.05) is 6.42 Å². The molecule has 5 atom stereocenters. The first-order valence-electron chi connectivity index (χ1n) is 8.92. The van der Waals surface area contributed by atoms with Gasteiger partial charge < -0.3 is 29.9 Å². The van der Waals surface area contributed by atoms with Crippen molar-refractivity contribution in [3.63, 3.8) is 0 Å². The summed E-state index contributed by atoms with van der Waals surface area (Å²) in [4.78, 5) is 0. The normalized spacial score (nSPS) is 27.6. The van der Waals surface area contributed by atoms with Gasteiger partial charge >= 0.3 is 6.18 Å². The first-order valence-corrected chi connectivity index (χ1v) is 8.92. The molecule has 29 heavy (non-hydrogen) atoms. The Labute approximate surface area is 164 Å². The van der Waals surface area contributed by atoms with Gasteiger partial charge in [0.1, 0.15) is 30.2 Å². The van der Waals surface area contributed by atoms with E-state index in [-0.39, 0.29) is 12.2 Å². The molecule has 1 aliphatic rings. The second kappa shape index (κ2) is 8.68. The summed E-state index contributed by atoms with van der Waals surface area (Å²) in [5.74, 6) is 0.289. The Morgan fingerprint density at radius 1 is 0.897 bits per heavy atom. The van der Waals surface area contributed by atoms with E-state index < -0.39 is 49.1 Å². The zero-order valence-corrected chi connectivity index (χ0v) is 15.2. The fourth-order valence-electron chi connectivity index (χ4n) is 3.09. The van der Waals surface area contributed by atoms with E-state index in [9.17, 15) is 33.6 Å². The minimum atomic E-state index is -4.41. The SMILES string of the molecule is OC[C@H]1O[C@@H](Oc2ccccc2Cc2ccc(C(F)(F)F)cc2)[C@H](O)[C@@H](O)[C@@H]1O. The summed E-state index contributed by atoms with van der Waals surface area (Å²) in [7, 11) is 0. The van der Waals surface area contributed by atoms with Crippen LogP contribution in [0.4, 0.5) is 13.2 Å². The lowest BCUT2D eigenvalue weighted by Gasteiger charge is -2.39. The van der Waals surface area contributed by atoms with Crippen molar-refractivity contribution in [1.29, 1.82) is 0 Å². The van der Waals surface area contributed by atoms with Crippen LogP contribution in [0.1, 0.15) is 16.7 Å². The number of halogens is 3. The van der Waals surface area contributed by atoms with Crippen LogP contribution in [0.15, 0.2) is 48.5 Å². The van der Waals surface area contributed by atoms with Crippen LogP contribution >= 0.6 is 0 Å².